The van der Waals surface area contributed by atoms with E-state index in [1.807, 2.05) is 20.8 Å². The molecule has 27 heavy (non-hydrogen) atoms. The zero-order valence-corrected chi connectivity index (χ0v) is 15.3. The number of amides is 1. The highest BCUT2D eigenvalue weighted by Gasteiger charge is 2.42. The molecule has 7 nitrogen and oxygen atoms in total. The molecule has 1 aliphatic heterocycles. The molecule has 10 heteroatoms. The van der Waals surface area contributed by atoms with E-state index in [2.05, 4.69) is 15.4 Å². The average Bonchev–Trinajstić information content (AvgIpc) is 3.15. The summed E-state index contributed by atoms with van der Waals surface area (Å²) >= 11 is 0. The molecule has 0 aromatic carbocycles. The van der Waals surface area contributed by atoms with Gasteiger partial charge in [-0.15, -0.1) is 0 Å². The first-order valence-electron chi connectivity index (χ1n) is 8.65. The van der Waals surface area contributed by atoms with Crippen LogP contribution in [0.5, 0.6) is 0 Å². The van der Waals surface area contributed by atoms with Gasteiger partial charge in [0.05, 0.1) is 12.2 Å². The molecule has 1 saturated heterocycles. The number of halogens is 3. The van der Waals surface area contributed by atoms with Crippen LogP contribution in [0, 0.1) is 5.41 Å². The molecule has 1 fully saturated rings. The third-order valence-electron chi connectivity index (χ3n) is 4.92. The Morgan fingerprint density at radius 1 is 1.33 bits per heavy atom. The van der Waals surface area contributed by atoms with Gasteiger partial charge in [0.2, 0.25) is 0 Å². The van der Waals surface area contributed by atoms with Gasteiger partial charge in [-0.2, -0.15) is 18.3 Å². The van der Waals surface area contributed by atoms with Crippen molar-refractivity contribution in [2.75, 3.05) is 11.9 Å². The lowest BCUT2D eigenvalue weighted by Gasteiger charge is -2.36. The van der Waals surface area contributed by atoms with Gasteiger partial charge in [0.25, 0.3) is 0 Å². The van der Waals surface area contributed by atoms with Crippen molar-refractivity contribution >= 4 is 17.6 Å². The molecule has 0 spiro atoms. The van der Waals surface area contributed by atoms with Gasteiger partial charge in [0.15, 0.2) is 5.65 Å². The van der Waals surface area contributed by atoms with Gasteiger partial charge < -0.3 is 15.3 Å². The predicted octanol–water partition coefficient (Wildman–Crippen LogP) is 3.72. The third kappa shape index (κ3) is 3.79. The van der Waals surface area contributed by atoms with E-state index in [0.29, 0.717) is 6.42 Å². The molecule has 1 aliphatic rings. The molecule has 0 bridgehead atoms. The first kappa shape index (κ1) is 19.2. The van der Waals surface area contributed by atoms with E-state index in [-0.39, 0.29) is 35.5 Å². The molecular formula is C17H22F3N5O2. The second-order valence-corrected chi connectivity index (χ2v) is 7.82. The van der Waals surface area contributed by atoms with Crippen LogP contribution in [0.1, 0.15) is 39.2 Å². The summed E-state index contributed by atoms with van der Waals surface area (Å²) in [4.78, 5) is 17.2. The molecule has 0 radical (unpaired) electrons. The normalized spacial score (nSPS) is 21.0. The van der Waals surface area contributed by atoms with E-state index in [9.17, 15) is 23.1 Å². The van der Waals surface area contributed by atoms with E-state index in [1.54, 1.807) is 0 Å². The lowest BCUT2D eigenvalue weighted by Crippen LogP contribution is -2.48. The Morgan fingerprint density at radius 2 is 2.04 bits per heavy atom. The minimum atomic E-state index is -4.54. The largest absolute Gasteiger partial charge is 0.465 e. The highest BCUT2D eigenvalue weighted by Crippen LogP contribution is 2.36. The van der Waals surface area contributed by atoms with Crippen molar-refractivity contribution in [3.63, 3.8) is 0 Å². The Hall–Kier alpha value is -2.52. The molecule has 1 amide bonds. The van der Waals surface area contributed by atoms with Gasteiger partial charge in [0.1, 0.15) is 11.4 Å². The number of hydrogen-bond donors (Lipinski definition) is 2. The smallest absolute Gasteiger partial charge is 0.421 e. The third-order valence-corrected chi connectivity index (χ3v) is 4.92. The van der Waals surface area contributed by atoms with Gasteiger partial charge >= 0.3 is 12.3 Å². The van der Waals surface area contributed by atoms with E-state index >= 15 is 0 Å². The number of carboxylic acid groups (broad SMARTS) is 1. The maximum Gasteiger partial charge on any atom is 0.421 e. The van der Waals surface area contributed by atoms with Crippen LogP contribution in [-0.2, 0) is 6.18 Å². The van der Waals surface area contributed by atoms with Crippen LogP contribution in [0.4, 0.5) is 23.8 Å². The minimum absolute atomic E-state index is 0.107. The fraction of sp³-hybridized carbons (Fsp3) is 0.588. The first-order chi connectivity index (χ1) is 12.5. The number of hydrogen-bond acceptors (Lipinski definition) is 4. The fourth-order valence-electron chi connectivity index (χ4n) is 3.61. The number of rotatable bonds is 3. The summed E-state index contributed by atoms with van der Waals surface area (Å²) < 4.78 is 40.1. The van der Waals surface area contributed by atoms with Crippen LogP contribution in [0.15, 0.2) is 18.5 Å². The van der Waals surface area contributed by atoms with Crippen molar-refractivity contribution in [1.29, 1.82) is 0 Å². The standard InChI is InChI=1S/C17H22F3N5O2/c1-16(2,3)12-5-4-10(25(12)15(26)27)8-21-13-6-7-24-14(23-13)11(9-22-24)17(18,19)20/h6-7,9-10,12H,4-5,8H2,1-3H3,(H,21,23)(H,26,27). The van der Waals surface area contributed by atoms with E-state index < -0.39 is 17.8 Å². The summed E-state index contributed by atoms with van der Waals surface area (Å²) in [6, 6.07) is 1.14. The second-order valence-electron chi connectivity index (χ2n) is 7.82. The molecule has 2 atom stereocenters. The topological polar surface area (TPSA) is 82.8 Å². The fourth-order valence-corrected chi connectivity index (χ4v) is 3.61. The zero-order chi connectivity index (χ0) is 20.0. The van der Waals surface area contributed by atoms with Crippen molar-refractivity contribution in [1.82, 2.24) is 19.5 Å². The molecular weight excluding hydrogens is 363 g/mol. The predicted molar refractivity (Wildman–Crippen MR) is 92.6 cm³/mol. The van der Waals surface area contributed by atoms with E-state index in [1.165, 1.54) is 17.2 Å². The van der Waals surface area contributed by atoms with Gasteiger partial charge in [-0.3, -0.25) is 0 Å². The van der Waals surface area contributed by atoms with E-state index in [4.69, 9.17) is 0 Å². The molecule has 0 aliphatic carbocycles. The van der Waals surface area contributed by atoms with Crippen LogP contribution < -0.4 is 5.32 Å². The number of aromatic nitrogens is 3. The number of alkyl halides is 3. The Morgan fingerprint density at radius 3 is 2.63 bits per heavy atom. The van der Waals surface area contributed by atoms with Crippen molar-refractivity contribution in [2.24, 2.45) is 5.41 Å². The average molecular weight is 385 g/mol. The van der Waals surface area contributed by atoms with Crippen LogP contribution >= 0.6 is 0 Å². The van der Waals surface area contributed by atoms with Crippen molar-refractivity contribution in [3.05, 3.63) is 24.0 Å². The highest BCUT2D eigenvalue weighted by molar-refractivity contribution is 5.66. The van der Waals surface area contributed by atoms with Crippen LogP contribution in [0.2, 0.25) is 0 Å². The molecule has 2 N–H and O–H groups in total. The number of nitrogens with one attached hydrogen (secondary N) is 1. The Bertz CT molecular complexity index is 843. The molecule has 3 heterocycles. The zero-order valence-electron chi connectivity index (χ0n) is 15.3. The highest BCUT2D eigenvalue weighted by atomic mass is 19.4. The number of carbonyl (C=O) groups is 1. The molecule has 2 aromatic heterocycles. The Labute approximate surface area is 154 Å². The lowest BCUT2D eigenvalue weighted by atomic mass is 9.85. The SMILES string of the molecule is CC(C)(C)C1CCC(CNc2ccn3ncc(C(F)(F)F)c3n2)N1C(=O)O. The summed E-state index contributed by atoms with van der Waals surface area (Å²) in [5, 5.41) is 16.2. The molecule has 0 saturated carbocycles. The summed E-state index contributed by atoms with van der Waals surface area (Å²) in [5.41, 5.74) is -1.39. The quantitative estimate of drug-likeness (QED) is 0.842. The molecule has 3 rings (SSSR count). The number of nitrogens with zero attached hydrogens (tertiary/aromatic N) is 4. The molecule has 148 valence electrons. The number of anilines is 1. The van der Waals surface area contributed by atoms with Gasteiger partial charge in [-0.05, 0) is 24.3 Å². The maximum atomic E-state index is 13.0. The maximum absolute atomic E-state index is 13.0. The minimum Gasteiger partial charge on any atom is -0.465 e. The van der Waals surface area contributed by atoms with Crippen LogP contribution in [-0.4, -0.2) is 49.3 Å². The summed E-state index contributed by atoms with van der Waals surface area (Å²) in [5.74, 6) is 0.248. The first-order valence-corrected chi connectivity index (χ1v) is 8.65. The van der Waals surface area contributed by atoms with E-state index in [0.717, 1.165) is 17.1 Å². The summed E-state index contributed by atoms with van der Waals surface area (Å²) in [6.45, 7) is 6.27. The lowest BCUT2D eigenvalue weighted by molar-refractivity contribution is -0.136. The monoisotopic (exact) mass is 385 g/mol. The molecule has 2 unspecified atom stereocenters. The van der Waals surface area contributed by atoms with Gasteiger partial charge in [-0.25, -0.2) is 14.3 Å². The number of likely N-dealkylation sites (tertiary alicyclic amines) is 1. The van der Waals surface area contributed by atoms with Gasteiger partial charge in [0, 0.05) is 18.8 Å². The summed E-state index contributed by atoms with van der Waals surface area (Å²) in [6.07, 6.45) is -1.97. The van der Waals surface area contributed by atoms with Crippen molar-refractivity contribution < 1.29 is 23.1 Å². The van der Waals surface area contributed by atoms with Crippen LogP contribution in [0.25, 0.3) is 5.65 Å². The van der Waals surface area contributed by atoms with Crippen molar-refractivity contribution in [3.8, 4) is 0 Å². The van der Waals surface area contributed by atoms with Crippen LogP contribution in [0.3, 0.4) is 0 Å². The van der Waals surface area contributed by atoms with Gasteiger partial charge in [-0.1, -0.05) is 20.8 Å². The summed E-state index contributed by atoms with van der Waals surface area (Å²) in [7, 11) is 0. The number of fused-ring (bicyclic) bond motifs is 1. The van der Waals surface area contributed by atoms with Crippen molar-refractivity contribution in [2.45, 2.75) is 51.9 Å². The Balaban J connectivity index is 1.77. The molecule has 2 aromatic rings. The Kier molecular flexibility index (Phi) is 4.69. The second kappa shape index (κ2) is 6.58.